The highest BCUT2D eigenvalue weighted by atomic mass is 16.5. The second kappa shape index (κ2) is 5.23. The highest BCUT2D eigenvalue weighted by Gasteiger charge is 2.46. The maximum absolute atomic E-state index is 5.50. The summed E-state index contributed by atoms with van der Waals surface area (Å²) in [5, 5.41) is 1.21. The minimum Gasteiger partial charge on any atom is -0.381 e. The van der Waals surface area contributed by atoms with Gasteiger partial charge in [0.05, 0.1) is 11.5 Å². The largest absolute Gasteiger partial charge is 0.381 e. The Hall–Kier alpha value is -1.62. The van der Waals surface area contributed by atoms with Crippen LogP contribution in [-0.4, -0.2) is 41.3 Å². The molecule has 1 aliphatic heterocycles. The number of fused-ring (bicyclic) bond motifs is 1. The molecule has 0 amide bonds. The van der Waals surface area contributed by atoms with E-state index in [1.54, 1.807) is 6.33 Å². The van der Waals surface area contributed by atoms with Crippen molar-refractivity contribution >= 4 is 16.9 Å². The number of H-pyrrole nitrogens is 1. The van der Waals surface area contributed by atoms with Crippen molar-refractivity contribution in [2.75, 3.05) is 25.1 Å². The lowest BCUT2D eigenvalue weighted by Crippen LogP contribution is -2.58. The van der Waals surface area contributed by atoms with Crippen LogP contribution in [0.2, 0.25) is 0 Å². The first-order valence-electron chi connectivity index (χ1n) is 8.33. The molecule has 0 radical (unpaired) electrons. The smallest absolute Gasteiger partial charge is 0.143 e. The maximum Gasteiger partial charge on any atom is 0.143 e. The molecule has 5 nitrogen and oxygen atoms in total. The zero-order valence-electron chi connectivity index (χ0n) is 13.4. The highest BCUT2D eigenvalue weighted by Crippen LogP contribution is 2.46. The van der Waals surface area contributed by atoms with Gasteiger partial charge in [-0.2, -0.15) is 0 Å². The summed E-state index contributed by atoms with van der Waals surface area (Å²) in [6.07, 6.45) is 10.2. The average Bonchev–Trinajstić information content (AvgIpc) is 2.96. The summed E-state index contributed by atoms with van der Waals surface area (Å²) in [6.45, 7) is 4.44. The molecule has 3 heterocycles. The fourth-order valence-electron chi connectivity index (χ4n) is 4.20. The van der Waals surface area contributed by atoms with Gasteiger partial charge in [-0.05, 0) is 37.7 Å². The number of aromatic nitrogens is 3. The number of methoxy groups -OCH3 is 1. The molecule has 0 bridgehead atoms. The minimum atomic E-state index is 0.474. The zero-order chi connectivity index (χ0) is 15.2. The van der Waals surface area contributed by atoms with Crippen molar-refractivity contribution in [1.82, 2.24) is 15.0 Å². The van der Waals surface area contributed by atoms with Gasteiger partial charge in [-0.1, -0.05) is 6.92 Å². The van der Waals surface area contributed by atoms with E-state index in [1.165, 1.54) is 36.6 Å². The highest BCUT2D eigenvalue weighted by molar-refractivity contribution is 5.91. The number of ether oxygens (including phenoxy) is 1. The molecule has 1 saturated heterocycles. The van der Waals surface area contributed by atoms with Crippen LogP contribution in [0.25, 0.3) is 11.0 Å². The van der Waals surface area contributed by atoms with Crippen molar-refractivity contribution in [3.63, 3.8) is 0 Å². The first kappa shape index (κ1) is 14.0. The van der Waals surface area contributed by atoms with Crippen LogP contribution >= 0.6 is 0 Å². The van der Waals surface area contributed by atoms with Gasteiger partial charge in [-0.3, -0.25) is 0 Å². The summed E-state index contributed by atoms with van der Waals surface area (Å²) in [7, 11) is 1.84. The lowest BCUT2D eigenvalue weighted by molar-refractivity contribution is 0.0151. The quantitative estimate of drug-likeness (QED) is 0.947. The van der Waals surface area contributed by atoms with E-state index in [4.69, 9.17) is 4.74 Å². The van der Waals surface area contributed by atoms with Crippen molar-refractivity contribution in [3.05, 3.63) is 18.1 Å². The molecule has 1 aliphatic carbocycles. The number of aryl methyl sites for hydroxylation is 1. The molecule has 1 saturated carbocycles. The number of hydrogen-bond acceptors (Lipinski definition) is 4. The second-order valence-corrected chi connectivity index (χ2v) is 6.88. The number of anilines is 1. The number of rotatable bonds is 3. The molecular formula is C17H24N4O. The van der Waals surface area contributed by atoms with E-state index >= 15 is 0 Å². The van der Waals surface area contributed by atoms with E-state index in [1.807, 2.05) is 7.11 Å². The van der Waals surface area contributed by atoms with Gasteiger partial charge in [0, 0.05) is 31.8 Å². The fraction of sp³-hybridized carbons (Fsp3) is 0.647. The topological polar surface area (TPSA) is 54.0 Å². The first-order valence-corrected chi connectivity index (χ1v) is 8.33. The average molecular weight is 300 g/mol. The van der Waals surface area contributed by atoms with Gasteiger partial charge in [0.1, 0.15) is 17.8 Å². The standard InChI is InChI=1S/C17H24N4O/c1-3-12-8-18-15-14(12)16(20-11-19-15)21-9-17(10-21)6-4-13(22-2)5-7-17/h8,11,13H,3-7,9-10H2,1-2H3,(H,18,19,20). The molecule has 2 fully saturated rings. The molecule has 2 aromatic heterocycles. The van der Waals surface area contributed by atoms with E-state index in [0.717, 1.165) is 31.0 Å². The third kappa shape index (κ3) is 2.10. The van der Waals surface area contributed by atoms with Gasteiger partial charge in [0.2, 0.25) is 0 Å². The predicted octanol–water partition coefficient (Wildman–Crippen LogP) is 2.92. The molecule has 1 spiro atoms. The van der Waals surface area contributed by atoms with E-state index in [2.05, 4.69) is 33.0 Å². The summed E-state index contributed by atoms with van der Waals surface area (Å²) < 4.78 is 5.50. The van der Waals surface area contributed by atoms with E-state index in [9.17, 15) is 0 Å². The summed E-state index contributed by atoms with van der Waals surface area (Å²) >= 11 is 0. The second-order valence-electron chi connectivity index (χ2n) is 6.88. The van der Waals surface area contributed by atoms with E-state index in [0.29, 0.717) is 11.5 Å². The zero-order valence-corrected chi connectivity index (χ0v) is 13.4. The number of nitrogens with zero attached hydrogens (tertiary/aromatic N) is 3. The van der Waals surface area contributed by atoms with Gasteiger partial charge in [0.15, 0.2) is 0 Å². The van der Waals surface area contributed by atoms with Crippen LogP contribution in [0.3, 0.4) is 0 Å². The van der Waals surface area contributed by atoms with Gasteiger partial charge in [-0.15, -0.1) is 0 Å². The Balaban J connectivity index is 1.55. The van der Waals surface area contributed by atoms with Crippen LogP contribution in [0.15, 0.2) is 12.5 Å². The molecule has 0 unspecified atom stereocenters. The minimum absolute atomic E-state index is 0.474. The number of nitrogens with one attached hydrogen (secondary N) is 1. The van der Waals surface area contributed by atoms with Crippen molar-refractivity contribution in [2.24, 2.45) is 5.41 Å². The summed E-state index contributed by atoms with van der Waals surface area (Å²) in [5.74, 6) is 1.11. The van der Waals surface area contributed by atoms with Gasteiger partial charge < -0.3 is 14.6 Å². The van der Waals surface area contributed by atoms with E-state index in [-0.39, 0.29) is 0 Å². The SMILES string of the molecule is CCc1c[nH]c2ncnc(N3CC4(CCC(OC)CC4)C3)c12. The van der Waals surface area contributed by atoms with Crippen molar-refractivity contribution in [3.8, 4) is 0 Å². The molecule has 1 N–H and O–H groups in total. The third-order valence-corrected chi connectivity index (χ3v) is 5.59. The Morgan fingerprint density at radius 3 is 2.77 bits per heavy atom. The molecule has 4 rings (SSSR count). The fourth-order valence-corrected chi connectivity index (χ4v) is 4.20. The lowest BCUT2D eigenvalue weighted by atomic mass is 9.68. The molecule has 2 aliphatic rings. The summed E-state index contributed by atoms with van der Waals surface area (Å²) in [5.41, 5.74) is 2.77. The Morgan fingerprint density at radius 1 is 1.32 bits per heavy atom. The number of hydrogen-bond donors (Lipinski definition) is 1. The first-order chi connectivity index (χ1) is 10.7. The van der Waals surface area contributed by atoms with Crippen LogP contribution in [0.5, 0.6) is 0 Å². The Bertz CT molecular complexity index is 664. The van der Waals surface area contributed by atoms with Crippen LogP contribution in [0.4, 0.5) is 5.82 Å². The normalized spacial score (nSPS) is 21.5. The van der Waals surface area contributed by atoms with Crippen LogP contribution in [0.1, 0.15) is 38.2 Å². The third-order valence-electron chi connectivity index (χ3n) is 5.59. The van der Waals surface area contributed by atoms with Gasteiger partial charge in [-0.25, -0.2) is 9.97 Å². The van der Waals surface area contributed by atoms with Crippen LogP contribution in [-0.2, 0) is 11.2 Å². The Labute approximate surface area is 131 Å². The van der Waals surface area contributed by atoms with Crippen LogP contribution < -0.4 is 4.90 Å². The Morgan fingerprint density at radius 2 is 2.09 bits per heavy atom. The lowest BCUT2D eigenvalue weighted by Gasteiger charge is -2.54. The molecular weight excluding hydrogens is 276 g/mol. The molecule has 0 aromatic carbocycles. The summed E-state index contributed by atoms with van der Waals surface area (Å²) in [4.78, 5) is 14.7. The van der Waals surface area contributed by atoms with Crippen molar-refractivity contribution in [1.29, 1.82) is 0 Å². The molecule has 22 heavy (non-hydrogen) atoms. The maximum atomic E-state index is 5.50. The van der Waals surface area contributed by atoms with Gasteiger partial charge in [0.25, 0.3) is 0 Å². The van der Waals surface area contributed by atoms with Crippen molar-refractivity contribution in [2.45, 2.75) is 45.1 Å². The van der Waals surface area contributed by atoms with Crippen LogP contribution in [0, 0.1) is 5.41 Å². The molecule has 0 atom stereocenters. The molecule has 2 aromatic rings. The monoisotopic (exact) mass is 300 g/mol. The van der Waals surface area contributed by atoms with Gasteiger partial charge >= 0.3 is 0 Å². The Kier molecular flexibility index (Phi) is 3.33. The van der Waals surface area contributed by atoms with E-state index < -0.39 is 0 Å². The summed E-state index contributed by atoms with van der Waals surface area (Å²) in [6, 6.07) is 0. The predicted molar refractivity (Wildman–Crippen MR) is 87.2 cm³/mol. The van der Waals surface area contributed by atoms with Crippen molar-refractivity contribution < 1.29 is 4.74 Å². The molecule has 118 valence electrons. The molecule has 5 heteroatoms. The number of aromatic amines is 1.